The van der Waals surface area contributed by atoms with Crippen molar-refractivity contribution in [1.82, 2.24) is 23.8 Å². The minimum absolute atomic E-state index is 0.238. The number of aromatic nitrogens is 4. The van der Waals surface area contributed by atoms with Crippen LogP contribution in [0.25, 0.3) is 5.69 Å². The molecule has 0 bridgehead atoms. The molecular formula is C15H14FN5OS. The molecule has 0 saturated carbocycles. The second-order valence-corrected chi connectivity index (χ2v) is 5.62. The van der Waals surface area contributed by atoms with Gasteiger partial charge in [0.25, 0.3) is 5.91 Å². The molecule has 0 spiro atoms. The van der Waals surface area contributed by atoms with E-state index in [9.17, 15) is 9.18 Å². The van der Waals surface area contributed by atoms with E-state index in [0.717, 1.165) is 28.7 Å². The number of carbonyl (C=O) groups is 1. The fourth-order valence-electron chi connectivity index (χ4n) is 2.30. The fraction of sp³-hybridized carbons (Fsp3) is 0.200. The Morgan fingerprint density at radius 3 is 2.70 bits per heavy atom. The van der Waals surface area contributed by atoms with Gasteiger partial charge in [-0.25, -0.2) is 9.07 Å². The van der Waals surface area contributed by atoms with Crippen LogP contribution >= 0.6 is 11.7 Å². The summed E-state index contributed by atoms with van der Waals surface area (Å²) in [6.07, 6.45) is 3.13. The van der Waals surface area contributed by atoms with Gasteiger partial charge in [-0.1, -0.05) is 0 Å². The molecule has 23 heavy (non-hydrogen) atoms. The molecule has 0 fully saturated rings. The van der Waals surface area contributed by atoms with Crippen LogP contribution in [0.2, 0.25) is 0 Å². The monoisotopic (exact) mass is 331 g/mol. The third kappa shape index (κ3) is 3.11. The predicted octanol–water partition coefficient (Wildman–Crippen LogP) is 2.66. The summed E-state index contributed by atoms with van der Waals surface area (Å²) in [5.74, 6) is -0.573. The molecule has 0 aliphatic carbocycles. The SMILES string of the molecule is Cc1c([C@H](C)NC(=O)c2cnsn2)cnn1-c1ccc(F)cc1. The molecule has 6 nitrogen and oxygen atoms in total. The Bertz CT molecular complexity index is 813. The zero-order valence-corrected chi connectivity index (χ0v) is 13.3. The molecular weight excluding hydrogens is 317 g/mol. The highest BCUT2D eigenvalue weighted by Crippen LogP contribution is 2.20. The molecule has 0 aliphatic heterocycles. The van der Waals surface area contributed by atoms with E-state index in [0.29, 0.717) is 5.69 Å². The van der Waals surface area contributed by atoms with Crippen LogP contribution < -0.4 is 5.32 Å². The van der Waals surface area contributed by atoms with Crippen LogP contribution in [0.4, 0.5) is 4.39 Å². The molecule has 0 saturated heterocycles. The quantitative estimate of drug-likeness (QED) is 0.798. The normalized spacial score (nSPS) is 12.1. The molecule has 2 heterocycles. The topological polar surface area (TPSA) is 72.7 Å². The molecule has 3 aromatic rings. The van der Waals surface area contributed by atoms with Crippen molar-refractivity contribution in [3.8, 4) is 5.69 Å². The largest absolute Gasteiger partial charge is 0.344 e. The number of hydrogen-bond donors (Lipinski definition) is 1. The maximum absolute atomic E-state index is 13.0. The van der Waals surface area contributed by atoms with Crippen molar-refractivity contribution in [1.29, 1.82) is 0 Å². The number of halogens is 1. The molecule has 8 heteroatoms. The van der Waals surface area contributed by atoms with Crippen molar-refractivity contribution >= 4 is 17.6 Å². The van der Waals surface area contributed by atoms with Crippen molar-refractivity contribution in [3.05, 3.63) is 59.4 Å². The third-order valence-electron chi connectivity index (χ3n) is 3.53. The third-order valence-corrected chi connectivity index (χ3v) is 4.01. The minimum Gasteiger partial charge on any atom is -0.344 e. The average molecular weight is 331 g/mol. The summed E-state index contributed by atoms with van der Waals surface area (Å²) in [5, 5.41) is 7.19. The van der Waals surface area contributed by atoms with Crippen LogP contribution in [0, 0.1) is 12.7 Å². The Morgan fingerprint density at radius 1 is 1.30 bits per heavy atom. The van der Waals surface area contributed by atoms with E-state index in [1.54, 1.807) is 23.0 Å². The Hall–Kier alpha value is -2.61. The van der Waals surface area contributed by atoms with Gasteiger partial charge in [-0.05, 0) is 38.1 Å². The summed E-state index contributed by atoms with van der Waals surface area (Å²) in [6, 6.07) is 5.85. The molecule has 0 unspecified atom stereocenters. The van der Waals surface area contributed by atoms with E-state index in [1.807, 2.05) is 13.8 Å². The Balaban J connectivity index is 1.81. The van der Waals surface area contributed by atoms with E-state index >= 15 is 0 Å². The highest BCUT2D eigenvalue weighted by Gasteiger charge is 2.18. The number of carbonyl (C=O) groups excluding carboxylic acids is 1. The smallest absolute Gasteiger partial charge is 0.273 e. The molecule has 118 valence electrons. The van der Waals surface area contributed by atoms with Gasteiger partial charge in [0.2, 0.25) is 0 Å². The predicted molar refractivity (Wildman–Crippen MR) is 84.0 cm³/mol. The van der Waals surface area contributed by atoms with E-state index in [-0.39, 0.29) is 17.8 Å². The van der Waals surface area contributed by atoms with E-state index < -0.39 is 0 Å². The van der Waals surface area contributed by atoms with Gasteiger partial charge in [0.15, 0.2) is 5.69 Å². The average Bonchev–Trinajstić information content (AvgIpc) is 3.18. The molecule has 1 amide bonds. The first-order valence-corrected chi connectivity index (χ1v) is 7.68. The molecule has 1 atom stereocenters. The van der Waals surface area contributed by atoms with Gasteiger partial charge in [0, 0.05) is 11.3 Å². The lowest BCUT2D eigenvalue weighted by Crippen LogP contribution is -2.27. The van der Waals surface area contributed by atoms with Gasteiger partial charge in [0.1, 0.15) is 5.82 Å². The van der Waals surface area contributed by atoms with Gasteiger partial charge in [-0.15, -0.1) is 0 Å². The summed E-state index contributed by atoms with van der Waals surface area (Å²) in [4.78, 5) is 12.0. The van der Waals surface area contributed by atoms with Gasteiger partial charge < -0.3 is 5.32 Å². The lowest BCUT2D eigenvalue weighted by molar-refractivity contribution is 0.0935. The standard InChI is InChI=1S/C15H14FN5OS/c1-9(19-15(22)14-8-18-23-20-14)13-7-17-21(10(13)2)12-5-3-11(16)4-6-12/h3-9H,1-2H3,(H,19,22)/t9-/m0/s1. The number of rotatable bonds is 4. The number of amides is 1. The minimum atomic E-state index is -0.295. The summed E-state index contributed by atoms with van der Waals surface area (Å²) in [7, 11) is 0. The number of benzene rings is 1. The zero-order chi connectivity index (χ0) is 16.4. The highest BCUT2D eigenvalue weighted by atomic mass is 32.1. The van der Waals surface area contributed by atoms with Crippen LogP contribution in [0.3, 0.4) is 0 Å². The van der Waals surface area contributed by atoms with Crippen LogP contribution in [0.1, 0.15) is 34.7 Å². The van der Waals surface area contributed by atoms with Crippen molar-refractivity contribution in [2.45, 2.75) is 19.9 Å². The van der Waals surface area contributed by atoms with E-state index in [1.165, 1.54) is 18.3 Å². The Kier molecular flexibility index (Phi) is 4.16. The van der Waals surface area contributed by atoms with E-state index in [4.69, 9.17) is 0 Å². The van der Waals surface area contributed by atoms with Crippen LogP contribution in [0.5, 0.6) is 0 Å². The molecule has 0 radical (unpaired) electrons. The second kappa shape index (κ2) is 6.25. The van der Waals surface area contributed by atoms with Crippen LogP contribution in [-0.2, 0) is 0 Å². The first kappa shape index (κ1) is 15.3. The van der Waals surface area contributed by atoms with Crippen molar-refractivity contribution in [3.63, 3.8) is 0 Å². The van der Waals surface area contributed by atoms with Gasteiger partial charge in [0.05, 0.1) is 35.9 Å². The van der Waals surface area contributed by atoms with Crippen LogP contribution in [-0.4, -0.2) is 24.4 Å². The Labute approximate surface area is 136 Å². The first-order chi connectivity index (χ1) is 11.1. The lowest BCUT2D eigenvalue weighted by atomic mass is 10.1. The van der Waals surface area contributed by atoms with Gasteiger partial charge >= 0.3 is 0 Å². The lowest BCUT2D eigenvalue weighted by Gasteiger charge is -2.13. The van der Waals surface area contributed by atoms with Crippen molar-refractivity contribution in [2.24, 2.45) is 0 Å². The van der Waals surface area contributed by atoms with E-state index in [2.05, 4.69) is 19.2 Å². The molecule has 2 aromatic heterocycles. The second-order valence-electron chi connectivity index (χ2n) is 5.06. The maximum atomic E-state index is 13.0. The highest BCUT2D eigenvalue weighted by molar-refractivity contribution is 6.99. The van der Waals surface area contributed by atoms with Crippen LogP contribution in [0.15, 0.2) is 36.7 Å². The fourth-order valence-corrected chi connectivity index (χ4v) is 2.72. The number of nitrogens with zero attached hydrogens (tertiary/aromatic N) is 4. The molecule has 1 N–H and O–H groups in total. The van der Waals surface area contributed by atoms with Crippen molar-refractivity contribution in [2.75, 3.05) is 0 Å². The molecule has 1 aromatic carbocycles. The Morgan fingerprint density at radius 2 is 2.04 bits per heavy atom. The molecule has 3 rings (SSSR count). The van der Waals surface area contributed by atoms with Gasteiger partial charge in [-0.3, -0.25) is 4.79 Å². The summed E-state index contributed by atoms with van der Waals surface area (Å²) in [6.45, 7) is 3.77. The summed E-state index contributed by atoms with van der Waals surface area (Å²) < 4.78 is 22.5. The summed E-state index contributed by atoms with van der Waals surface area (Å²) >= 11 is 0.989. The molecule has 0 aliphatic rings. The number of hydrogen-bond acceptors (Lipinski definition) is 5. The van der Waals surface area contributed by atoms with Gasteiger partial charge in [-0.2, -0.15) is 13.8 Å². The number of nitrogens with one attached hydrogen (secondary N) is 1. The van der Waals surface area contributed by atoms with Crippen molar-refractivity contribution < 1.29 is 9.18 Å². The first-order valence-electron chi connectivity index (χ1n) is 6.95. The maximum Gasteiger partial charge on any atom is 0.273 e. The zero-order valence-electron chi connectivity index (χ0n) is 12.5. The summed E-state index contributed by atoms with van der Waals surface area (Å²) in [5.41, 5.74) is 2.81.